The third-order valence-electron chi connectivity index (χ3n) is 10.8. The summed E-state index contributed by atoms with van der Waals surface area (Å²) in [7, 11) is 0. The molecule has 0 radical (unpaired) electrons. The van der Waals surface area contributed by atoms with Crippen LogP contribution in [0.25, 0.3) is 105 Å². The molecule has 248 valence electrons. The molecule has 1 aliphatic carbocycles. The van der Waals surface area contributed by atoms with Crippen molar-refractivity contribution in [3.05, 3.63) is 169 Å². The first-order chi connectivity index (χ1) is 26.3. The summed E-state index contributed by atoms with van der Waals surface area (Å²) in [6.45, 7) is 0. The second-order valence-corrected chi connectivity index (χ2v) is 13.8. The molecule has 0 saturated carbocycles. The van der Waals surface area contributed by atoms with Crippen LogP contribution in [-0.4, -0.2) is 15.0 Å². The van der Waals surface area contributed by atoms with Gasteiger partial charge in [0.15, 0.2) is 17.5 Å². The molecule has 11 rings (SSSR count). The van der Waals surface area contributed by atoms with Gasteiger partial charge < -0.3 is 4.42 Å². The quantitative estimate of drug-likeness (QED) is 0.174. The Hall–Kier alpha value is -6.91. The Bertz CT molecular complexity index is 3190. The molecule has 4 nitrogen and oxygen atoms in total. The molecule has 0 aliphatic heterocycles. The highest BCUT2D eigenvalue weighted by Gasteiger charge is 2.22. The topological polar surface area (TPSA) is 51.8 Å². The second-order valence-electron chi connectivity index (χ2n) is 13.8. The van der Waals surface area contributed by atoms with E-state index >= 15 is 0 Å². The maximum absolute atomic E-state index is 6.69. The van der Waals surface area contributed by atoms with Gasteiger partial charge in [-0.05, 0) is 85.8 Å². The van der Waals surface area contributed by atoms with E-state index in [4.69, 9.17) is 19.4 Å². The highest BCUT2D eigenvalue weighted by Crippen LogP contribution is 2.42. The maximum atomic E-state index is 6.69. The SMILES string of the molecule is C1=CCCC(c2ccc(-c3nc(-c4ccc5ccc6ccccc6c5c4)nc(-c4cc5ccccc5c5ccccc45)n3)c3c2oc2ccccc23)=C1. The number of furan rings is 1. The third-order valence-corrected chi connectivity index (χ3v) is 10.8. The molecule has 2 aromatic heterocycles. The lowest BCUT2D eigenvalue weighted by Gasteiger charge is -2.14. The van der Waals surface area contributed by atoms with Crippen molar-refractivity contribution in [1.82, 2.24) is 15.0 Å². The van der Waals surface area contributed by atoms with Crippen LogP contribution in [0.1, 0.15) is 18.4 Å². The molecule has 2 heterocycles. The van der Waals surface area contributed by atoms with Gasteiger partial charge in [0.25, 0.3) is 0 Å². The van der Waals surface area contributed by atoms with Gasteiger partial charge in [-0.3, -0.25) is 0 Å². The van der Waals surface area contributed by atoms with E-state index in [0.717, 1.165) is 67.8 Å². The first-order valence-corrected chi connectivity index (χ1v) is 18.2. The van der Waals surface area contributed by atoms with Gasteiger partial charge in [0, 0.05) is 33.0 Å². The Morgan fingerprint density at radius 1 is 0.453 bits per heavy atom. The summed E-state index contributed by atoms with van der Waals surface area (Å²) in [6, 6.07) is 51.4. The molecule has 0 atom stereocenters. The molecule has 53 heavy (non-hydrogen) atoms. The fourth-order valence-electron chi connectivity index (χ4n) is 8.22. The van der Waals surface area contributed by atoms with Crippen LogP contribution >= 0.6 is 0 Å². The zero-order chi connectivity index (χ0) is 34.9. The highest BCUT2D eigenvalue weighted by molar-refractivity contribution is 6.16. The first kappa shape index (κ1) is 29.8. The lowest BCUT2D eigenvalue weighted by Crippen LogP contribution is -2.01. The minimum Gasteiger partial charge on any atom is -0.455 e. The first-order valence-electron chi connectivity index (χ1n) is 18.2. The summed E-state index contributed by atoms with van der Waals surface area (Å²) in [5, 5.41) is 11.4. The lowest BCUT2D eigenvalue weighted by atomic mass is 9.93. The van der Waals surface area contributed by atoms with Crippen LogP contribution in [0.5, 0.6) is 0 Å². The van der Waals surface area contributed by atoms with Gasteiger partial charge >= 0.3 is 0 Å². The van der Waals surface area contributed by atoms with Crippen LogP contribution in [0.3, 0.4) is 0 Å². The van der Waals surface area contributed by atoms with E-state index in [9.17, 15) is 0 Å². The van der Waals surface area contributed by atoms with Crippen molar-refractivity contribution in [2.45, 2.75) is 12.8 Å². The molecule has 0 spiro atoms. The van der Waals surface area contributed by atoms with Gasteiger partial charge in [-0.25, -0.2) is 15.0 Å². The summed E-state index contributed by atoms with van der Waals surface area (Å²) < 4.78 is 6.69. The maximum Gasteiger partial charge on any atom is 0.164 e. The molecule has 0 N–H and O–H groups in total. The zero-order valence-corrected chi connectivity index (χ0v) is 28.8. The van der Waals surface area contributed by atoms with Crippen LogP contribution in [0.4, 0.5) is 0 Å². The van der Waals surface area contributed by atoms with E-state index in [-0.39, 0.29) is 0 Å². The molecule has 0 bridgehead atoms. The number of allylic oxidation sites excluding steroid dienone is 4. The van der Waals surface area contributed by atoms with Crippen molar-refractivity contribution in [1.29, 1.82) is 0 Å². The van der Waals surface area contributed by atoms with Gasteiger partial charge in [0.2, 0.25) is 0 Å². The number of fused-ring (bicyclic) bond motifs is 9. The molecule has 8 aromatic carbocycles. The normalized spacial score (nSPS) is 13.2. The van der Waals surface area contributed by atoms with Crippen LogP contribution in [0.15, 0.2) is 168 Å². The molecule has 10 aromatic rings. The van der Waals surface area contributed by atoms with E-state index in [2.05, 4.69) is 152 Å². The number of rotatable bonds is 4. The van der Waals surface area contributed by atoms with Crippen LogP contribution < -0.4 is 0 Å². The molecule has 0 unspecified atom stereocenters. The highest BCUT2D eigenvalue weighted by atomic mass is 16.3. The van der Waals surface area contributed by atoms with Crippen molar-refractivity contribution in [3.8, 4) is 34.2 Å². The Labute approximate surface area is 305 Å². The van der Waals surface area contributed by atoms with Crippen LogP contribution in [0.2, 0.25) is 0 Å². The minimum atomic E-state index is 0.612. The standard InChI is InChI=1S/C49H31N3O/c1-2-12-30(13-3-1)37-26-27-41(45-40-20-10-11-21-44(40)53-46(37)45)48-50-47(34-25-24-32-23-22-31-14-4-6-16-35(31)42(32)29-34)51-49(52-48)43-28-33-15-5-7-17-36(33)38-18-8-9-19-39(38)43/h1-2,4-12,14-29H,3,13H2. The summed E-state index contributed by atoms with van der Waals surface area (Å²) in [6.07, 6.45) is 8.54. The summed E-state index contributed by atoms with van der Waals surface area (Å²) in [4.78, 5) is 16.0. The monoisotopic (exact) mass is 677 g/mol. The molecule has 0 fully saturated rings. The Morgan fingerprint density at radius 2 is 1.08 bits per heavy atom. The molecule has 1 aliphatic rings. The smallest absolute Gasteiger partial charge is 0.164 e. The fraction of sp³-hybridized carbons (Fsp3) is 0.0408. The summed E-state index contributed by atoms with van der Waals surface area (Å²) >= 11 is 0. The van der Waals surface area contributed by atoms with Gasteiger partial charge in [-0.15, -0.1) is 0 Å². The molecular formula is C49H31N3O. The van der Waals surface area contributed by atoms with E-state index in [1.165, 1.54) is 37.9 Å². The van der Waals surface area contributed by atoms with Crippen molar-refractivity contribution >= 4 is 70.6 Å². The number of benzene rings is 8. The number of para-hydroxylation sites is 1. The third kappa shape index (κ3) is 4.80. The summed E-state index contributed by atoms with van der Waals surface area (Å²) in [5.41, 5.74) is 6.92. The Kier molecular flexibility index (Phi) is 6.65. The van der Waals surface area contributed by atoms with E-state index in [0.29, 0.717) is 17.5 Å². The lowest BCUT2D eigenvalue weighted by molar-refractivity contribution is 0.667. The second kappa shape index (κ2) is 11.8. The predicted molar refractivity (Wildman–Crippen MR) is 220 cm³/mol. The largest absolute Gasteiger partial charge is 0.455 e. The van der Waals surface area contributed by atoms with Crippen molar-refractivity contribution in [2.24, 2.45) is 0 Å². The average Bonchev–Trinajstić information content (AvgIpc) is 3.63. The number of nitrogens with zero attached hydrogens (tertiary/aromatic N) is 3. The van der Waals surface area contributed by atoms with Crippen LogP contribution in [-0.2, 0) is 0 Å². The molecule has 4 heteroatoms. The van der Waals surface area contributed by atoms with Gasteiger partial charge in [0.1, 0.15) is 11.2 Å². The van der Waals surface area contributed by atoms with Crippen molar-refractivity contribution < 1.29 is 4.42 Å². The Balaban J connectivity index is 1.22. The van der Waals surface area contributed by atoms with Crippen molar-refractivity contribution in [2.75, 3.05) is 0 Å². The summed E-state index contributed by atoms with van der Waals surface area (Å²) in [5.74, 6) is 1.87. The van der Waals surface area contributed by atoms with Gasteiger partial charge in [-0.2, -0.15) is 0 Å². The van der Waals surface area contributed by atoms with E-state index in [1.807, 2.05) is 12.1 Å². The van der Waals surface area contributed by atoms with E-state index < -0.39 is 0 Å². The zero-order valence-electron chi connectivity index (χ0n) is 28.8. The van der Waals surface area contributed by atoms with Gasteiger partial charge in [-0.1, -0.05) is 140 Å². The average molecular weight is 678 g/mol. The predicted octanol–water partition coefficient (Wildman–Crippen LogP) is 13.1. The Morgan fingerprint density at radius 3 is 1.89 bits per heavy atom. The van der Waals surface area contributed by atoms with Crippen LogP contribution in [0, 0.1) is 0 Å². The molecule has 0 amide bonds. The minimum absolute atomic E-state index is 0.612. The van der Waals surface area contributed by atoms with Crippen molar-refractivity contribution in [3.63, 3.8) is 0 Å². The number of hydrogen-bond donors (Lipinski definition) is 0. The molecular weight excluding hydrogens is 647 g/mol. The van der Waals surface area contributed by atoms with E-state index in [1.54, 1.807) is 0 Å². The fourth-order valence-corrected chi connectivity index (χ4v) is 8.22. The number of hydrogen-bond acceptors (Lipinski definition) is 4. The number of aromatic nitrogens is 3. The molecule has 0 saturated heterocycles. The van der Waals surface area contributed by atoms with Gasteiger partial charge in [0.05, 0.1) is 0 Å².